The van der Waals surface area contributed by atoms with Crippen LogP contribution >= 0.6 is 0 Å². The second kappa shape index (κ2) is 7.55. The van der Waals surface area contributed by atoms with E-state index in [-0.39, 0.29) is 10.8 Å². The molecule has 6 nitrogen and oxygen atoms in total. The maximum absolute atomic E-state index is 12.9. The average Bonchev–Trinajstić information content (AvgIpc) is 2.62. The highest BCUT2D eigenvalue weighted by Gasteiger charge is 2.26. The van der Waals surface area contributed by atoms with Crippen LogP contribution in [0, 0.1) is 6.92 Å². The van der Waals surface area contributed by atoms with Gasteiger partial charge in [-0.05, 0) is 36.8 Å². The number of pyridine rings is 1. The Labute approximate surface area is 154 Å². The Bertz CT molecular complexity index is 890. The maximum atomic E-state index is 12.9. The highest BCUT2D eigenvalue weighted by molar-refractivity contribution is 7.90. The van der Waals surface area contributed by atoms with Crippen molar-refractivity contribution in [3.63, 3.8) is 0 Å². The topological polar surface area (TPSA) is 71.8 Å². The summed E-state index contributed by atoms with van der Waals surface area (Å²) in [7, 11) is -3.33. The zero-order valence-corrected chi connectivity index (χ0v) is 15.9. The van der Waals surface area contributed by atoms with Gasteiger partial charge in [0.05, 0.1) is 31.1 Å². The summed E-state index contributed by atoms with van der Waals surface area (Å²) < 4.78 is 23.6. The van der Waals surface area contributed by atoms with Gasteiger partial charge in [-0.1, -0.05) is 6.07 Å². The third kappa shape index (κ3) is 4.28. The molecule has 1 aromatic heterocycles. The van der Waals surface area contributed by atoms with Crippen LogP contribution in [0.3, 0.4) is 0 Å². The first-order valence-corrected chi connectivity index (χ1v) is 10.6. The fraction of sp³-hybridized carbons (Fsp3) is 0.368. The van der Waals surface area contributed by atoms with Crippen LogP contribution in [0.25, 0.3) is 0 Å². The van der Waals surface area contributed by atoms with Crippen molar-refractivity contribution in [2.24, 2.45) is 0 Å². The number of hydrogen-bond donors (Lipinski definition) is 1. The highest BCUT2D eigenvalue weighted by atomic mass is 32.2. The number of carbonyl (C=O) groups is 1. The maximum Gasteiger partial charge on any atom is 0.254 e. The standard InChI is InChI=1S/C19H23N3O3S/c1-15-3-4-17(26(2,24)25)13-18(15)19(23)22-11-9-21(10-12-22)14-16-5-7-20-8-6-16/h3-8,13H,9-12,14H2,1-2H3/p+1. The molecule has 0 aliphatic carbocycles. The van der Waals surface area contributed by atoms with Crippen molar-refractivity contribution in [2.45, 2.75) is 18.4 Å². The lowest BCUT2D eigenvalue weighted by atomic mass is 10.1. The Morgan fingerprint density at radius 2 is 1.81 bits per heavy atom. The Hall–Kier alpha value is -2.25. The van der Waals surface area contributed by atoms with Gasteiger partial charge in [-0.3, -0.25) is 9.78 Å². The molecule has 1 aliphatic rings. The number of carbonyl (C=O) groups excluding carboxylic acids is 1. The van der Waals surface area contributed by atoms with Gasteiger partial charge >= 0.3 is 0 Å². The number of nitrogens with zero attached hydrogens (tertiary/aromatic N) is 2. The Balaban J connectivity index is 1.67. The van der Waals surface area contributed by atoms with E-state index in [1.165, 1.54) is 16.5 Å². The summed E-state index contributed by atoms with van der Waals surface area (Å²) in [5.41, 5.74) is 2.52. The van der Waals surface area contributed by atoms with Gasteiger partial charge in [-0.2, -0.15) is 0 Å². The van der Waals surface area contributed by atoms with Crippen molar-refractivity contribution in [1.82, 2.24) is 9.88 Å². The number of sulfone groups is 1. The molecule has 1 amide bonds. The smallest absolute Gasteiger partial charge is 0.254 e. The predicted molar refractivity (Wildman–Crippen MR) is 98.8 cm³/mol. The fourth-order valence-electron chi connectivity index (χ4n) is 3.22. The van der Waals surface area contributed by atoms with Crippen molar-refractivity contribution in [3.8, 4) is 0 Å². The van der Waals surface area contributed by atoms with E-state index < -0.39 is 9.84 Å². The number of nitrogens with one attached hydrogen (secondary N) is 1. The lowest BCUT2D eigenvalue weighted by Gasteiger charge is -2.32. The predicted octanol–water partition coefficient (Wildman–Crippen LogP) is 0.334. The van der Waals surface area contributed by atoms with Gasteiger partial charge in [0.2, 0.25) is 0 Å². The third-order valence-electron chi connectivity index (χ3n) is 4.83. The van der Waals surface area contributed by atoms with E-state index in [4.69, 9.17) is 0 Å². The lowest BCUT2D eigenvalue weighted by molar-refractivity contribution is -0.917. The van der Waals surface area contributed by atoms with Crippen LogP contribution in [0.5, 0.6) is 0 Å². The van der Waals surface area contributed by atoms with Crippen molar-refractivity contribution < 1.29 is 18.1 Å². The summed E-state index contributed by atoms with van der Waals surface area (Å²) >= 11 is 0. The van der Waals surface area contributed by atoms with Crippen molar-refractivity contribution in [3.05, 3.63) is 59.4 Å². The van der Waals surface area contributed by atoms with E-state index >= 15 is 0 Å². The number of aromatic nitrogens is 1. The van der Waals surface area contributed by atoms with Gasteiger partial charge in [0.25, 0.3) is 5.91 Å². The quantitative estimate of drug-likeness (QED) is 0.838. The SMILES string of the molecule is Cc1ccc(S(C)(=O)=O)cc1C(=O)N1CC[NH+](Cc2ccncc2)CC1. The van der Waals surface area contributed by atoms with E-state index in [9.17, 15) is 13.2 Å². The molecule has 7 heteroatoms. The molecule has 138 valence electrons. The third-order valence-corrected chi connectivity index (χ3v) is 5.94. The van der Waals surface area contributed by atoms with Crippen molar-refractivity contribution in [1.29, 1.82) is 0 Å². The minimum atomic E-state index is -3.33. The summed E-state index contributed by atoms with van der Waals surface area (Å²) in [5, 5.41) is 0. The normalized spacial score (nSPS) is 15.8. The Morgan fingerprint density at radius 1 is 1.15 bits per heavy atom. The van der Waals surface area contributed by atoms with E-state index in [1.807, 2.05) is 24.0 Å². The highest BCUT2D eigenvalue weighted by Crippen LogP contribution is 2.17. The molecule has 26 heavy (non-hydrogen) atoms. The van der Waals surface area contributed by atoms with E-state index in [0.717, 1.165) is 31.5 Å². The number of amides is 1. The van der Waals surface area contributed by atoms with Crippen LogP contribution in [0.4, 0.5) is 0 Å². The molecule has 2 aromatic rings. The number of piperazine rings is 1. The number of aryl methyl sites for hydroxylation is 1. The first-order chi connectivity index (χ1) is 12.3. The average molecular weight is 374 g/mol. The molecule has 3 rings (SSSR count). The molecule has 1 saturated heterocycles. The molecular formula is C19H24N3O3S+. The minimum absolute atomic E-state index is 0.0871. The van der Waals surface area contributed by atoms with Crippen LogP contribution in [0.15, 0.2) is 47.6 Å². The first kappa shape index (κ1) is 18.5. The second-order valence-electron chi connectivity index (χ2n) is 6.82. The van der Waals surface area contributed by atoms with Crippen LogP contribution < -0.4 is 4.90 Å². The van der Waals surface area contributed by atoms with Crippen LogP contribution in [-0.4, -0.2) is 56.6 Å². The van der Waals surface area contributed by atoms with Crippen LogP contribution in [0.2, 0.25) is 0 Å². The number of benzene rings is 1. The molecule has 0 unspecified atom stereocenters. The summed E-state index contributed by atoms with van der Waals surface area (Å²) in [6.07, 6.45) is 4.76. The van der Waals surface area contributed by atoms with E-state index in [2.05, 4.69) is 4.98 Å². The second-order valence-corrected chi connectivity index (χ2v) is 8.84. The molecular weight excluding hydrogens is 350 g/mol. The molecule has 1 aliphatic heterocycles. The summed E-state index contributed by atoms with van der Waals surface area (Å²) in [6, 6.07) is 8.80. The molecule has 0 bridgehead atoms. The van der Waals surface area contributed by atoms with Crippen LogP contribution in [0.1, 0.15) is 21.5 Å². The zero-order valence-electron chi connectivity index (χ0n) is 15.1. The lowest BCUT2D eigenvalue weighted by Crippen LogP contribution is -3.13. The molecule has 1 aromatic carbocycles. The molecule has 0 saturated carbocycles. The minimum Gasteiger partial charge on any atom is -0.328 e. The largest absolute Gasteiger partial charge is 0.328 e. The summed E-state index contributed by atoms with van der Waals surface area (Å²) in [4.78, 5) is 20.4. The first-order valence-electron chi connectivity index (χ1n) is 8.67. The van der Waals surface area contributed by atoms with Gasteiger partial charge in [0, 0.05) is 29.8 Å². The van der Waals surface area contributed by atoms with Gasteiger partial charge in [0.1, 0.15) is 6.54 Å². The number of rotatable bonds is 4. The van der Waals surface area contributed by atoms with Gasteiger partial charge in [-0.15, -0.1) is 0 Å². The molecule has 1 fully saturated rings. The van der Waals surface area contributed by atoms with Gasteiger partial charge in [-0.25, -0.2) is 8.42 Å². The van der Waals surface area contributed by atoms with Crippen molar-refractivity contribution in [2.75, 3.05) is 32.4 Å². The Kier molecular flexibility index (Phi) is 5.38. The Morgan fingerprint density at radius 3 is 2.42 bits per heavy atom. The fourth-order valence-corrected chi connectivity index (χ4v) is 3.87. The monoisotopic (exact) mass is 374 g/mol. The molecule has 0 radical (unpaired) electrons. The zero-order chi connectivity index (χ0) is 18.7. The van der Waals surface area contributed by atoms with Crippen molar-refractivity contribution >= 4 is 15.7 Å². The van der Waals surface area contributed by atoms with Gasteiger partial charge < -0.3 is 9.80 Å². The molecule has 0 spiro atoms. The van der Waals surface area contributed by atoms with E-state index in [0.29, 0.717) is 18.7 Å². The molecule has 0 atom stereocenters. The van der Waals surface area contributed by atoms with Gasteiger partial charge in [0.15, 0.2) is 9.84 Å². The number of hydrogen-bond acceptors (Lipinski definition) is 4. The summed E-state index contributed by atoms with van der Waals surface area (Å²) in [6.45, 7) is 5.85. The van der Waals surface area contributed by atoms with Crippen LogP contribution in [-0.2, 0) is 16.4 Å². The molecule has 2 heterocycles. The van der Waals surface area contributed by atoms with E-state index in [1.54, 1.807) is 24.5 Å². The molecule has 1 N–H and O–H groups in total. The number of quaternary nitrogens is 1. The summed E-state index contributed by atoms with van der Waals surface area (Å²) in [5.74, 6) is -0.0871.